The van der Waals surface area contributed by atoms with Crippen LogP contribution in [0.1, 0.15) is 83.1 Å². The van der Waals surface area contributed by atoms with Crippen LogP contribution in [0.3, 0.4) is 0 Å². The molecule has 0 bridgehead atoms. The summed E-state index contributed by atoms with van der Waals surface area (Å²) in [6, 6.07) is 19.7. The number of carbonyl (C=O) groups is 2. The van der Waals surface area contributed by atoms with Crippen molar-refractivity contribution in [3.05, 3.63) is 71.9 Å². The first-order valence-corrected chi connectivity index (χ1v) is 13.2. The molecule has 0 spiro atoms. The molecule has 1 fully saturated rings. The van der Waals surface area contributed by atoms with E-state index in [2.05, 4.69) is 0 Å². The van der Waals surface area contributed by atoms with Crippen LogP contribution in [-0.4, -0.2) is 29.3 Å². The van der Waals surface area contributed by atoms with Gasteiger partial charge in [-0.05, 0) is 37.5 Å². The Morgan fingerprint density at radius 2 is 1.21 bits per heavy atom. The summed E-state index contributed by atoms with van der Waals surface area (Å²) in [5.74, 6) is -0.260. The maximum absolute atomic E-state index is 14.1. The van der Waals surface area contributed by atoms with Gasteiger partial charge in [0.25, 0.3) is 11.8 Å². The normalized spacial score (nSPS) is 19.1. The maximum Gasteiger partial charge on any atom is 0.278 e. The Labute approximate surface area is 204 Å². The van der Waals surface area contributed by atoms with Crippen molar-refractivity contribution in [2.24, 2.45) is 0 Å². The second kappa shape index (κ2) is 12.0. The standard InChI is InChI=1S/C30H38N2O2/c1-2-31(25-20-16-11-17-21-25)28-27(24-18-12-10-13-19-24)29(33)32(30(28)34)26-22-14-8-6-4-3-5-7-9-15-23-26/h10-13,16-21,26H,2-9,14-15,22-23H2,1H3. The highest BCUT2D eigenvalue weighted by atomic mass is 16.2. The second-order valence-electron chi connectivity index (χ2n) is 9.56. The summed E-state index contributed by atoms with van der Waals surface area (Å²) in [6.45, 7) is 2.66. The van der Waals surface area contributed by atoms with Crippen molar-refractivity contribution in [2.75, 3.05) is 11.4 Å². The van der Waals surface area contributed by atoms with E-state index in [4.69, 9.17) is 0 Å². The van der Waals surface area contributed by atoms with E-state index in [1.165, 1.54) is 44.9 Å². The molecule has 1 aliphatic heterocycles. The molecule has 180 valence electrons. The molecule has 0 atom stereocenters. The van der Waals surface area contributed by atoms with Crippen molar-refractivity contribution in [3.63, 3.8) is 0 Å². The Balaban J connectivity index is 1.70. The Morgan fingerprint density at radius 3 is 1.74 bits per heavy atom. The van der Waals surface area contributed by atoms with Crippen molar-refractivity contribution in [1.29, 1.82) is 0 Å². The van der Waals surface area contributed by atoms with Crippen LogP contribution >= 0.6 is 0 Å². The van der Waals surface area contributed by atoms with Crippen LogP contribution in [0.2, 0.25) is 0 Å². The molecule has 4 nitrogen and oxygen atoms in total. The molecule has 1 aliphatic carbocycles. The summed E-state index contributed by atoms with van der Waals surface area (Å²) >= 11 is 0. The molecule has 0 saturated heterocycles. The Hall–Kier alpha value is -2.88. The van der Waals surface area contributed by atoms with Gasteiger partial charge in [-0.2, -0.15) is 0 Å². The number of hydrogen-bond acceptors (Lipinski definition) is 3. The van der Waals surface area contributed by atoms with Gasteiger partial charge in [-0.1, -0.05) is 106 Å². The van der Waals surface area contributed by atoms with Crippen molar-refractivity contribution < 1.29 is 9.59 Å². The molecule has 1 saturated carbocycles. The Morgan fingerprint density at radius 1 is 0.706 bits per heavy atom. The van der Waals surface area contributed by atoms with Gasteiger partial charge in [0.15, 0.2) is 0 Å². The summed E-state index contributed by atoms with van der Waals surface area (Å²) in [6.07, 6.45) is 12.8. The maximum atomic E-state index is 14.1. The van der Waals surface area contributed by atoms with Gasteiger partial charge >= 0.3 is 0 Å². The molecule has 4 heteroatoms. The molecule has 4 rings (SSSR count). The van der Waals surface area contributed by atoms with Gasteiger partial charge in [0.2, 0.25) is 0 Å². The van der Waals surface area contributed by atoms with Crippen LogP contribution in [0, 0.1) is 0 Å². The number of para-hydroxylation sites is 1. The lowest BCUT2D eigenvalue weighted by Crippen LogP contribution is -2.42. The largest absolute Gasteiger partial charge is 0.337 e. The molecule has 2 amide bonds. The third kappa shape index (κ3) is 5.43. The van der Waals surface area contributed by atoms with E-state index in [1.54, 1.807) is 4.90 Å². The minimum Gasteiger partial charge on any atom is -0.337 e. The number of anilines is 1. The number of nitrogens with zero attached hydrogens (tertiary/aromatic N) is 2. The molecular weight excluding hydrogens is 420 g/mol. The Bertz CT molecular complexity index is 971. The molecule has 2 aromatic carbocycles. The van der Waals surface area contributed by atoms with Gasteiger partial charge in [-0.15, -0.1) is 0 Å². The average Bonchev–Trinajstić information content (AvgIpc) is 3.11. The number of carbonyl (C=O) groups excluding carboxylic acids is 2. The highest BCUT2D eigenvalue weighted by Crippen LogP contribution is 2.37. The minimum absolute atomic E-state index is 0.0230. The van der Waals surface area contributed by atoms with Gasteiger partial charge in [-0.25, -0.2) is 0 Å². The smallest absolute Gasteiger partial charge is 0.278 e. The molecule has 2 aromatic rings. The quantitative estimate of drug-likeness (QED) is 0.454. The second-order valence-corrected chi connectivity index (χ2v) is 9.56. The molecule has 0 aromatic heterocycles. The molecule has 0 radical (unpaired) electrons. The third-order valence-corrected chi connectivity index (χ3v) is 7.25. The summed E-state index contributed by atoms with van der Waals surface area (Å²) in [7, 11) is 0. The van der Waals surface area contributed by atoms with Crippen LogP contribution in [0.4, 0.5) is 5.69 Å². The van der Waals surface area contributed by atoms with Crippen molar-refractivity contribution in [1.82, 2.24) is 4.90 Å². The van der Waals surface area contributed by atoms with E-state index < -0.39 is 0 Å². The topological polar surface area (TPSA) is 40.6 Å². The molecule has 2 aliphatic rings. The Kier molecular flexibility index (Phi) is 8.56. The molecule has 1 heterocycles. The zero-order chi connectivity index (χ0) is 23.8. The van der Waals surface area contributed by atoms with E-state index in [9.17, 15) is 9.59 Å². The fourth-order valence-electron chi connectivity index (χ4n) is 5.46. The van der Waals surface area contributed by atoms with Crippen molar-refractivity contribution in [3.8, 4) is 0 Å². The lowest BCUT2D eigenvalue weighted by Gasteiger charge is -2.29. The van der Waals surface area contributed by atoms with Crippen LogP contribution in [0.5, 0.6) is 0 Å². The van der Waals surface area contributed by atoms with Crippen LogP contribution in [-0.2, 0) is 9.59 Å². The predicted octanol–water partition coefficient (Wildman–Crippen LogP) is 6.97. The zero-order valence-corrected chi connectivity index (χ0v) is 20.5. The number of hydrogen-bond donors (Lipinski definition) is 0. The lowest BCUT2D eigenvalue weighted by atomic mass is 9.96. The fraction of sp³-hybridized carbons (Fsp3) is 0.467. The number of likely N-dealkylation sites (N-methyl/N-ethyl adjacent to an activating group) is 1. The van der Waals surface area contributed by atoms with Crippen LogP contribution < -0.4 is 4.90 Å². The molecule has 34 heavy (non-hydrogen) atoms. The van der Waals surface area contributed by atoms with E-state index >= 15 is 0 Å². The monoisotopic (exact) mass is 458 g/mol. The fourth-order valence-corrected chi connectivity index (χ4v) is 5.46. The first-order chi connectivity index (χ1) is 16.7. The number of imide groups is 1. The first-order valence-electron chi connectivity index (χ1n) is 13.2. The first kappa shape index (κ1) is 24.3. The third-order valence-electron chi connectivity index (χ3n) is 7.25. The van der Waals surface area contributed by atoms with Gasteiger partial charge in [0.05, 0.1) is 5.57 Å². The SMILES string of the molecule is CCN(C1=C(c2ccccc2)C(=O)N(C2CCCCCCCCCCC2)C1=O)c1ccccc1. The van der Waals surface area contributed by atoms with Gasteiger partial charge in [-0.3, -0.25) is 14.5 Å². The number of rotatable bonds is 5. The molecule has 0 N–H and O–H groups in total. The van der Waals surface area contributed by atoms with Crippen LogP contribution in [0.15, 0.2) is 66.4 Å². The summed E-state index contributed by atoms with van der Waals surface area (Å²) in [5.41, 5.74) is 2.83. The molecule has 0 unspecified atom stereocenters. The number of amides is 2. The summed E-state index contributed by atoms with van der Waals surface area (Å²) < 4.78 is 0. The summed E-state index contributed by atoms with van der Waals surface area (Å²) in [5, 5.41) is 0. The highest BCUT2D eigenvalue weighted by molar-refractivity contribution is 6.36. The van der Waals surface area contributed by atoms with E-state index in [-0.39, 0.29) is 17.9 Å². The van der Waals surface area contributed by atoms with E-state index in [0.717, 1.165) is 36.9 Å². The minimum atomic E-state index is -0.133. The number of benzene rings is 2. The van der Waals surface area contributed by atoms with E-state index in [0.29, 0.717) is 17.8 Å². The van der Waals surface area contributed by atoms with E-state index in [1.807, 2.05) is 72.5 Å². The van der Waals surface area contributed by atoms with Crippen LogP contribution in [0.25, 0.3) is 5.57 Å². The van der Waals surface area contributed by atoms with Crippen molar-refractivity contribution in [2.45, 2.75) is 83.6 Å². The van der Waals surface area contributed by atoms with Gasteiger partial charge < -0.3 is 4.90 Å². The van der Waals surface area contributed by atoms with Gasteiger partial charge in [0.1, 0.15) is 5.70 Å². The molecular formula is C30H38N2O2. The lowest BCUT2D eigenvalue weighted by molar-refractivity contribution is -0.140. The predicted molar refractivity (Wildman–Crippen MR) is 139 cm³/mol. The zero-order valence-electron chi connectivity index (χ0n) is 20.5. The summed E-state index contributed by atoms with van der Waals surface area (Å²) in [4.78, 5) is 31.7. The highest BCUT2D eigenvalue weighted by Gasteiger charge is 2.44. The average molecular weight is 459 g/mol. The van der Waals surface area contributed by atoms with Crippen molar-refractivity contribution >= 4 is 23.1 Å². The van der Waals surface area contributed by atoms with Gasteiger partial charge in [0, 0.05) is 18.3 Å².